The number of para-hydroxylation sites is 1. The molecular weight excluding hydrogens is 236 g/mol. The maximum atomic E-state index is 6.62. The van der Waals surface area contributed by atoms with Crippen molar-refractivity contribution in [1.29, 1.82) is 0 Å². The molecule has 0 spiro atoms. The molecule has 2 N–H and O–H groups in total. The molecule has 1 aliphatic carbocycles. The highest BCUT2D eigenvalue weighted by Gasteiger charge is 2.58. The highest BCUT2D eigenvalue weighted by Crippen LogP contribution is 2.50. The predicted octanol–water partition coefficient (Wildman–Crippen LogP) is 2.66. The lowest BCUT2D eigenvalue weighted by atomic mass is 9.54. The van der Waals surface area contributed by atoms with Crippen LogP contribution in [-0.2, 0) is 4.74 Å². The summed E-state index contributed by atoms with van der Waals surface area (Å²) in [6.45, 7) is 8.10. The molecular formula is C16H26N2O. The monoisotopic (exact) mass is 262 g/mol. The van der Waals surface area contributed by atoms with Crippen LogP contribution in [0.3, 0.4) is 0 Å². The smallest absolute Gasteiger partial charge is 0.0662 e. The first-order valence-corrected chi connectivity index (χ1v) is 7.07. The van der Waals surface area contributed by atoms with Crippen molar-refractivity contribution in [3.63, 3.8) is 0 Å². The van der Waals surface area contributed by atoms with Gasteiger partial charge in [-0.15, -0.1) is 0 Å². The highest BCUT2D eigenvalue weighted by atomic mass is 16.5. The molecule has 0 aliphatic heterocycles. The summed E-state index contributed by atoms with van der Waals surface area (Å²) < 4.78 is 5.78. The molecule has 2 rings (SSSR count). The van der Waals surface area contributed by atoms with Crippen LogP contribution in [0.2, 0.25) is 0 Å². The van der Waals surface area contributed by atoms with Crippen LogP contribution < -0.4 is 10.6 Å². The van der Waals surface area contributed by atoms with Gasteiger partial charge in [0.2, 0.25) is 0 Å². The molecule has 2 atom stereocenters. The molecule has 1 saturated carbocycles. The standard InChI is InChI=1S/C16H26N2O/c1-5-19-14-11-16(17,15(14,2)3)12-18(4)13-9-7-6-8-10-13/h6-10,14H,5,11-12,17H2,1-4H3. The van der Waals surface area contributed by atoms with Gasteiger partial charge in [-0.2, -0.15) is 0 Å². The Hall–Kier alpha value is -1.06. The van der Waals surface area contributed by atoms with Crippen LogP contribution in [0.15, 0.2) is 30.3 Å². The van der Waals surface area contributed by atoms with Crippen LogP contribution in [0.25, 0.3) is 0 Å². The van der Waals surface area contributed by atoms with Crippen molar-refractivity contribution in [1.82, 2.24) is 0 Å². The lowest BCUT2D eigenvalue weighted by Gasteiger charge is -2.60. The lowest BCUT2D eigenvalue weighted by Crippen LogP contribution is -2.73. The van der Waals surface area contributed by atoms with Gasteiger partial charge in [0.05, 0.1) is 6.10 Å². The maximum absolute atomic E-state index is 6.62. The molecule has 1 fully saturated rings. The fourth-order valence-corrected chi connectivity index (χ4v) is 2.97. The van der Waals surface area contributed by atoms with Crippen LogP contribution in [-0.4, -0.2) is 31.8 Å². The van der Waals surface area contributed by atoms with E-state index in [0.29, 0.717) is 0 Å². The van der Waals surface area contributed by atoms with E-state index in [4.69, 9.17) is 10.5 Å². The average Bonchev–Trinajstić information content (AvgIpc) is 2.39. The van der Waals surface area contributed by atoms with Gasteiger partial charge in [-0.25, -0.2) is 0 Å². The molecule has 2 unspecified atom stereocenters. The number of anilines is 1. The van der Waals surface area contributed by atoms with Crippen LogP contribution in [0.1, 0.15) is 27.2 Å². The molecule has 1 aromatic rings. The molecule has 106 valence electrons. The minimum Gasteiger partial charge on any atom is -0.378 e. The van der Waals surface area contributed by atoms with E-state index in [2.05, 4.69) is 50.1 Å². The van der Waals surface area contributed by atoms with Crippen molar-refractivity contribution in [2.45, 2.75) is 38.8 Å². The van der Waals surface area contributed by atoms with E-state index in [9.17, 15) is 0 Å². The van der Waals surface area contributed by atoms with E-state index in [1.165, 1.54) is 5.69 Å². The van der Waals surface area contributed by atoms with Crippen LogP contribution in [0, 0.1) is 5.41 Å². The van der Waals surface area contributed by atoms with Crippen molar-refractivity contribution in [2.24, 2.45) is 11.1 Å². The Labute approximate surface area is 116 Å². The second-order valence-corrected chi connectivity index (χ2v) is 6.22. The largest absolute Gasteiger partial charge is 0.378 e. The van der Waals surface area contributed by atoms with Crippen molar-refractivity contribution in [3.05, 3.63) is 30.3 Å². The summed E-state index contributed by atoms with van der Waals surface area (Å²) >= 11 is 0. The highest BCUT2D eigenvalue weighted by molar-refractivity contribution is 5.46. The van der Waals surface area contributed by atoms with Gasteiger partial charge < -0.3 is 15.4 Å². The summed E-state index contributed by atoms with van der Waals surface area (Å²) in [5.41, 5.74) is 7.67. The number of hydrogen-bond donors (Lipinski definition) is 1. The minimum absolute atomic E-state index is 0.0199. The van der Waals surface area contributed by atoms with Gasteiger partial charge in [-0.1, -0.05) is 32.0 Å². The zero-order valence-electron chi connectivity index (χ0n) is 12.5. The third kappa shape index (κ3) is 2.49. The third-order valence-corrected chi connectivity index (χ3v) is 4.72. The van der Waals surface area contributed by atoms with Crippen molar-refractivity contribution < 1.29 is 4.74 Å². The quantitative estimate of drug-likeness (QED) is 0.886. The Balaban J connectivity index is 2.04. The molecule has 0 bridgehead atoms. The Bertz CT molecular complexity index is 418. The fraction of sp³-hybridized carbons (Fsp3) is 0.625. The molecule has 0 amide bonds. The first-order chi connectivity index (χ1) is 8.90. The molecule has 0 radical (unpaired) electrons. The summed E-state index contributed by atoms with van der Waals surface area (Å²) in [6.07, 6.45) is 1.22. The zero-order chi connectivity index (χ0) is 14.1. The van der Waals surface area contributed by atoms with Crippen molar-refractivity contribution >= 4 is 5.69 Å². The van der Waals surface area contributed by atoms with E-state index >= 15 is 0 Å². The van der Waals surface area contributed by atoms with Gasteiger partial charge in [0, 0.05) is 36.8 Å². The normalized spacial score (nSPS) is 28.8. The molecule has 1 aromatic carbocycles. The topological polar surface area (TPSA) is 38.5 Å². The second-order valence-electron chi connectivity index (χ2n) is 6.22. The van der Waals surface area contributed by atoms with Gasteiger partial charge in [0.25, 0.3) is 0 Å². The van der Waals surface area contributed by atoms with E-state index in [1.54, 1.807) is 0 Å². The summed E-state index contributed by atoms with van der Waals surface area (Å²) in [4.78, 5) is 2.24. The van der Waals surface area contributed by atoms with Crippen LogP contribution in [0.5, 0.6) is 0 Å². The Morgan fingerprint density at radius 1 is 1.32 bits per heavy atom. The van der Waals surface area contributed by atoms with Crippen molar-refractivity contribution in [2.75, 3.05) is 25.1 Å². The minimum atomic E-state index is -0.183. The predicted molar refractivity (Wildman–Crippen MR) is 80.4 cm³/mol. The Kier molecular flexibility index (Phi) is 3.88. The zero-order valence-corrected chi connectivity index (χ0v) is 12.5. The molecule has 0 aromatic heterocycles. The number of rotatable bonds is 5. The molecule has 0 heterocycles. The number of nitrogens with zero attached hydrogens (tertiary/aromatic N) is 1. The average molecular weight is 262 g/mol. The van der Waals surface area contributed by atoms with Crippen molar-refractivity contribution in [3.8, 4) is 0 Å². The van der Waals surface area contributed by atoms with Gasteiger partial charge in [-0.05, 0) is 25.5 Å². The molecule has 0 saturated heterocycles. The summed E-state index contributed by atoms with van der Waals surface area (Å²) in [7, 11) is 2.11. The maximum Gasteiger partial charge on any atom is 0.0662 e. The SMILES string of the molecule is CCOC1CC(N)(CN(C)c2ccccc2)C1(C)C. The molecule has 3 nitrogen and oxygen atoms in total. The summed E-state index contributed by atoms with van der Waals surface area (Å²) in [5, 5.41) is 0. The second kappa shape index (κ2) is 5.14. The van der Waals surface area contributed by atoms with Crippen LogP contribution >= 0.6 is 0 Å². The van der Waals surface area contributed by atoms with E-state index in [1.807, 2.05) is 13.0 Å². The Morgan fingerprint density at radius 2 is 1.95 bits per heavy atom. The molecule has 3 heteroatoms. The molecule has 19 heavy (non-hydrogen) atoms. The number of nitrogens with two attached hydrogens (primary N) is 1. The van der Waals surface area contributed by atoms with Crippen LogP contribution in [0.4, 0.5) is 5.69 Å². The number of hydrogen-bond acceptors (Lipinski definition) is 3. The first-order valence-electron chi connectivity index (χ1n) is 7.07. The van der Waals surface area contributed by atoms with Gasteiger partial charge in [0.1, 0.15) is 0 Å². The number of likely N-dealkylation sites (N-methyl/N-ethyl adjacent to an activating group) is 1. The van der Waals surface area contributed by atoms with Gasteiger partial charge >= 0.3 is 0 Å². The molecule has 1 aliphatic rings. The first kappa shape index (κ1) is 14.4. The number of ether oxygens (including phenoxy) is 1. The van der Waals surface area contributed by atoms with Gasteiger partial charge in [-0.3, -0.25) is 0 Å². The van der Waals surface area contributed by atoms with E-state index in [0.717, 1.165) is 19.6 Å². The lowest BCUT2D eigenvalue weighted by molar-refractivity contribution is -0.145. The van der Waals surface area contributed by atoms with E-state index in [-0.39, 0.29) is 17.1 Å². The number of benzene rings is 1. The summed E-state index contributed by atoms with van der Waals surface area (Å²) in [5.74, 6) is 0. The summed E-state index contributed by atoms with van der Waals surface area (Å²) in [6, 6.07) is 10.4. The van der Waals surface area contributed by atoms with E-state index < -0.39 is 0 Å². The van der Waals surface area contributed by atoms with Gasteiger partial charge in [0.15, 0.2) is 0 Å². The third-order valence-electron chi connectivity index (χ3n) is 4.72. The fourth-order valence-electron chi connectivity index (χ4n) is 2.97. The Morgan fingerprint density at radius 3 is 2.47 bits per heavy atom.